The van der Waals surface area contributed by atoms with E-state index in [1.54, 1.807) is 16.0 Å². The van der Waals surface area contributed by atoms with Crippen molar-refractivity contribution in [3.63, 3.8) is 0 Å². The van der Waals surface area contributed by atoms with E-state index in [1.165, 1.54) is 11.3 Å². The smallest absolute Gasteiger partial charge is 0.312 e. The number of aromatic nitrogens is 1. The highest BCUT2D eigenvalue weighted by molar-refractivity contribution is 6.35. The zero-order valence-corrected chi connectivity index (χ0v) is 16.8. The van der Waals surface area contributed by atoms with Crippen molar-refractivity contribution in [1.82, 2.24) is 14.8 Å². The lowest BCUT2D eigenvalue weighted by molar-refractivity contribution is -0.152. The van der Waals surface area contributed by atoms with Gasteiger partial charge in [0.1, 0.15) is 5.82 Å². The first-order valence-corrected chi connectivity index (χ1v) is 10.2. The second-order valence-electron chi connectivity index (χ2n) is 7.59. The molecule has 0 atom stereocenters. The van der Waals surface area contributed by atoms with E-state index in [2.05, 4.69) is 46.0 Å². The van der Waals surface area contributed by atoms with Gasteiger partial charge in [0, 0.05) is 64.2 Å². The fourth-order valence-corrected chi connectivity index (χ4v) is 3.94. The molecule has 0 spiro atoms. The molecule has 0 unspecified atom stereocenters. The number of carbonyl (C=O) groups is 2. The summed E-state index contributed by atoms with van der Waals surface area (Å²) in [5.74, 6) is 0.160. The van der Waals surface area contributed by atoms with Crippen molar-refractivity contribution in [2.75, 3.05) is 62.2 Å². The molecule has 2 aliphatic heterocycles. The quantitative estimate of drug-likeness (QED) is 0.722. The summed E-state index contributed by atoms with van der Waals surface area (Å²) in [6, 6.07) is 14.2. The Bertz CT molecular complexity index is 857. The highest BCUT2D eigenvalue weighted by atomic mass is 16.2. The van der Waals surface area contributed by atoms with Crippen molar-refractivity contribution in [1.29, 1.82) is 0 Å². The number of amides is 2. The average molecular weight is 393 g/mol. The number of aryl methyl sites for hydroxylation is 1. The molecular weight excluding hydrogens is 366 g/mol. The Hall–Kier alpha value is -3.09. The Balaban J connectivity index is 1.28. The molecule has 0 N–H and O–H groups in total. The summed E-state index contributed by atoms with van der Waals surface area (Å²) < 4.78 is 0. The molecule has 0 radical (unpaired) electrons. The Morgan fingerprint density at radius 1 is 0.759 bits per heavy atom. The van der Waals surface area contributed by atoms with Crippen LogP contribution in [0.2, 0.25) is 0 Å². The monoisotopic (exact) mass is 393 g/mol. The van der Waals surface area contributed by atoms with E-state index in [-0.39, 0.29) is 11.8 Å². The third-order valence-electron chi connectivity index (χ3n) is 5.66. The van der Waals surface area contributed by atoms with Crippen LogP contribution in [0.25, 0.3) is 0 Å². The molecule has 152 valence electrons. The molecule has 0 saturated carbocycles. The first-order valence-electron chi connectivity index (χ1n) is 10.2. The molecule has 3 heterocycles. The molecule has 1 aromatic heterocycles. The second-order valence-corrected chi connectivity index (χ2v) is 7.59. The van der Waals surface area contributed by atoms with Crippen LogP contribution in [0, 0.1) is 6.92 Å². The second kappa shape index (κ2) is 8.51. The minimum Gasteiger partial charge on any atom is -0.368 e. The summed E-state index contributed by atoms with van der Waals surface area (Å²) in [7, 11) is 0. The van der Waals surface area contributed by atoms with E-state index >= 15 is 0 Å². The summed E-state index contributed by atoms with van der Waals surface area (Å²) in [6.07, 6.45) is 1.77. The van der Waals surface area contributed by atoms with Crippen LogP contribution in [0.5, 0.6) is 0 Å². The van der Waals surface area contributed by atoms with E-state index in [0.29, 0.717) is 39.3 Å². The van der Waals surface area contributed by atoms with Crippen molar-refractivity contribution >= 4 is 23.3 Å². The highest BCUT2D eigenvalue weighted by Gasteiger charge is 2.31. The predicted molar refractivity (Wildman–Crippen MR) is 113 cm³/mol. The van der Waals surface area contributed by atoms with Crippen molar-refractivity contribution in [3.8, 4) is 0 Å². The fraction of sp³-hybridized carbons (Fsp3) is 0.409. The van der Waals surface area contributed by atoms with Crippen LogP contribution in [0.4, 0.5) is 11.5 Å². The first-order chi connectivity index (χ1) is 14.1. The van der Waals surface area contributed by atoms with Gasteiger partial charge in [0.05, 0.1) is 0 Å². The van der Waals surface area contributed by atoms with Crippen LogP contribution >= 0.6 is 0 Å². The highest BCUT2D eigenvalue weighted by Crippen LogP contribution is 2.18. The Labute approximate surface area is 171 Å². The summed E-state index contributed by atoms with van der Waals surface area (Å²) >= 11 is 0. The van der Waals surface area contributed by atoms with Gasteiger partial charge in [-0.1, -0.05) is 18.2 Å². The van der Waals surface area contributed by atoms with Crippen molar-refractivity contribution in [3.05, 3.63) is 54.2 Å². The van der Waals surface area contributed by atoms with Gasteiger partial charge >= 0.3 is 11.8 Å². The van der Waals surface area contributed by atoms with Crippen LogP contribution in [0.3, 0.4) is 0 Å². The van der Waals surface area contributed by atoms with Crippen LogP contribution in [0.1, 0.15) is 5.56 Å². The van der Waals surface area contributed by atoms with Crippen LogP contribution in [0.15, 0.2) is 48.7 Å². The number of pyridine rings is 1. The first kappa shape index (κ1) is 19.2. The van der Waals surface area contributed by atoms with Gasteiger partial charge in [0.25, 0.3) is 0 Å². The van der Waals surface area contributed by atoms with Gasteiger partial charge in [0.15, 0.2) is 0 Å². The van der Waals surface area contributed by atoms with Crippen LogP contribution in [-0.4, -0.2) is 79.0 Å². The molecule has 4 rings (SSSR count). The van der Waals surface area contributed by atoms with Crippen molar-refractivity contribution in [2.24, 2.45) is 0 Å². The average Bonchev–Trinajstić information content (AvgIpc) is 2.79. The van der Waals surface area contributed by atoms with E-state index in [1.807, 2.05) is 18.2 Å². The number of benzene rings is 1. The standard InChI is InChI=1S/C22H27N5O2/c1-18-5-4-6-19(17-18)24-9-13-26(14-10-24)21(28)22(29)27-15-11-25(12-16-27)20-7-2-3-8-23-20/h2-8,17H,9-16H2,1H3. The maximum absolute atomic E-state index is 12.7. The number of hydrogen-bond donors (Lipinski definition) is 0. The maximum atomic E-state index is 12.7. The summed E-state index contributed by atoms with van der Waals surface area (Å²) in [6.45, 7) is 7.20. The molecule has 7 heteroatoms. The molecule has 0 aliphatic carbocycles. The molecule has 2 aromatic rings. The number of carbonyl (C=O) groups excluding carboxylic acids is 2. The zero-order chi connectivity index (χ0) is 20.2. The van der Waals surface area contributed by atoms with Crippen LogP contribution < -0.4 is 9.80 Å². The van der Waals surface area contributed by atoms with Crippen molar-refractivity contribution in [2.45, 2.75) is 6.92 Å². The summed E-state index contributed by atoms with van der Waals surface area (Å²) in [5.41, 5.74) is 2.40. The number of hydrogen-bond acceptors (Lipinski definition) is 5. The number of piperazine rings is 2. The number of rotatable bonds is 2. The molecule has 2 saturated heterocycles. The Morgan fingerprint density at radius 3 is 1.93 bits per heavy atom. The lowest BCUT2D eigenvalue weighted by Crippen LogP contribution is -2.56. The van der Waals surface area contributed by atoms with Gasteiger partial charge in [-0.3, -0.25) is 9.59 Å². The maximum Gasteiger partial charge on any atom is 0.312 e. The van der Waals surface area contributed by atoms with Gasteiger partial charge in [-0.25, -0.2) is 4.98 Å². The molecule has 7 nitrogen and oxygen atoms in total. The van der Waals surface area contributed by atoms with Gasteiger partial charge in [-0.2, -0.15) is 0 Å². The summed E-state index contributed by atoms with van der Waals surface area (Å²) in [4.78, 5) is 37.6. The lowest BCUT2D eigenvalue weighted by atomic mass is 10.2. The van der Waals surface area contributed by atoms with Crippen molar-refractivity contribution < 1.29 is 9.59 Å². The lowest BCUT2D eigenvalue weighted by Gasteiger charge is -2.38. The normalized spacial score (nSPS) is 17.4. The molecule has 0 bridgehead atoms. The Kier molecular flexibility index (Phi) is 5.64. The Morgan fingerprint density at radius 2 is 1.38 bits per heavy atom. The van der Waals surface area contributed by atoms with E-state index < -0.39 is 0 Å². The minimum atomic E-state index is -0.380. The molecule has 2 aliphatic rings. The van der Waals surface area contributed by atoms with Gasteiger partial charge in [-0.05, 0) is 36.8 Å². The van der Waals surface area contributed by atoms with Gasteiger partial charge < -0.3 is 19.6 Å². The molecular formula is C22H27N5O2. The van der Waals surface area contributed by atoms with Crippen LogP contribution in [-0.2, 0) is 9.59 Å². The zero-order valence-electron chi connectivity index (χ0n) is 16.8. The fourth-order valence-electron chi connectivity index (χ4n) is 3.94. The van der Waals surface area contributed by atoms with E-state index in [9.17, 15) is 9.59 Å². The SMILES string of the molecule is Cc1cccc(N2CCN(C(=O)C(=O)N3CCN(c4ccccn4)CC3)CC2)c1. The number of nitrogens with zero attached hydrogens (tertiary/aromatic N) is 5. The molecule has 29 heavy (non-hydrogen) atoms. The number of anilines is 2. The minimum absolute atomic E-state index is 0.375. The van der Waals surface area contributed by atoms with E-state index in [4.69, 9.17) is 0 Å². The third-order valence-corrected chi connectivity index (χ3v) is 5.66. The van der Waals surface area contributed by atoms with E-state index in [0.717, 1.165) is 18.9 Å². The van der Waals surface area contributed by atoms with Gasteiger partial charge in [-0.15, -0.1) is 0 Å². The summed E-state index contributed by atoms with van der Waals surface area (Å²) in [5, 5.41) is 0. The predicted octanol–water partition coefficient (Wildman–Crippen LogP) is 1.39. The van der Waals surface area contributed by atoms with Gasteiger partial charge in [0.2, 0.25) is 0 Å². The molecule has 2 fully saturated rings. The largest absolute Gasteiger partial charge is 0.368 e. The topological polar surface area (TPSA) is 60.0 Å². The molecule has 1 aromatic carbocycles. The third kappa shape index (κ3) is 4.34. The molecule has 2 amide bonds.